The molecule has 0 amide bonds. The van der Waals surface area contributed by atoms with Crippen molar-refractivity contribution in [1.82, 2.24) is 5.32 Å². The van der Waals surface area contributed by atoms with Gasteiger partial charge < -0.3 is 25.6 Å². The topological polar surface area (TPSA) is 76.7 Å². The molecule has 0 aromatic heterocycles. The lowest BCUT2D eigenvalue weighted by Gasteiger charge is -2.11. The number of aliphatic hydroxyl groups excluding tert-OH is 1. The Bertz CT molecular complexity index is 396. The molecule has 0 saturated carbocycles. The zero-order chi connectivity index (χ0) is 12.3. The number of nitrogens with one attached hydrogen (secondary N) is 1. The third-order valence-electron chi connectivity index (χ3n) is 2.79. The second-order valence-electron chi connectivity index (χ2n) is 4.21. The van der Waals surface area contributed by atoms with E-state index in [4.69, 9.17) is 20.3 Å². The number of rotatable bonds is 5. The Kier molecular flexibility index (Phi) is 3.83. The van der Waals surface area contributed by atoms with Gasteiger partial charge in [-0.25, -0.2) is 0 Å². The van der Waals surface area contributed by atoms with Gasteiger partial charge in [-0.15, -0.1) is 0 Å². The van der Waals surface area contributed by atoms with Crippen molar-refractivity contribution in [2.24, 2.45) is 5.73 Å². The van der Waals surface area contributed by atoms with E-state index in [9.17, 15) is 0 Å². The molecule has 0 saturated heterocycles. The van der Waals surface area contributed by atoms with Crippen LogP contribution in [0.25, 0.3) is 0 Å². The minimum absolute atomic E-state index is 0.00682. The summed E-state index contributed by atoms with van der Waals surface area (Å²) in [5.41, 5.74) is 7.91. The first-order chi connectivity index (χ1) is 8.20. The lowest BCUT2D eigenvalue weighted by Crippen LogP contribution is -2.36. The summed E-state index contributed by atoms with van der Waals surface area (Å²) in [6.07, 6.45) is 0. The van der Waals surface area contributed by atoms with Gasteiger partial charge in [0.15, 0.2) is 11.5 Å². The molecule has 0 aliphatic carbocycles. The number of hydrogen-bond acceptors (Lipinski definition) is 5. The van der Waals surface area contributed by atoms with Gasteiger partial charge in [0, 0.05) is 19.1 Å². The van der Waals surface area contributed by atoms with Gasteiger partial charge in [-0.2, -0.15) is 0 Å². The second kappa shape index (κ2) is 5.35. The largest absolute Gasteiger partial charge is 0.454 e. The first-order valence-electron chi connectivity index (χ1n) is 5.67. The van der Waals surface area contributed by atoms with Crippen molar-refractivity contribution in [2.45, 2.75) is 19.5 Å². The monoisotopic (exact) mass is 238 g/mol. The fraction of sp³-hybridized carbons (Fsp3) is 0.500. The highest BCUT2D eigenvalue weighted by molar-refractivity contribution is 5.48. The van der Waals surface area contributed by atoms with Gasteiger partial charge in [-0.1, -0.05) is 0 Å². The van der Waals surface area contributed by atoms with Crippen molar-refractivity contribution in [2.75, 3.05) is 19.9 Å². The average molecular weight is 238 g/mol. The molecule has 1 unspecified atom stereocenters. The third kappa shape index (κ3) is 2.88. The third-order valence-corrected chi connectivity index (χ3v) is 2.79. The van der Waals surface area contributed by atoms with Crippen molar-refractivity contribution >= 4 is 0 Å². The summed E-state index contributed by atoms with van der Waals surface area (Å²) < 4.78 is 10.6. The van der Waals surface area contributed by atoms with Gasteiger partial charge in [0.05, 0.1) is 6.61 Å². The molecule has 17 heavy (non-hydrogen) atoms. The summed E-state index contributed by atoms with van der Waals surface area (Å²) in [5.74, 6) is 1.59. The lowest BCUT2D eigenvalue weighted by atomic mass is 10.1. The fourth-order valence-corrected chi connectivity index (χ4v) is 1.73. The molecule has 0 spiro atoms. The second-order valence-corrected chi connectivity index (χ2v) is 4.21. The summed E-state index contributed by atoms with van der Waals surface area (Å²) >= 11 is 0. The maximum Gasteiger partial charge on any atom is 0.231 e. The summed E-state index contributed by atoms with van der Waals surface area (Å²) in [7, 11) is 0. The molecule has 1 atom stereocenters. The molecule has 2 rings (SSSR count). The van der Waals surface area contributed by atoms with E-state index in [1.807, 2.05) is 19.1 Å². The highest BCUT2D eigenvalue weighted by Gasteiger charge is 2.15. The quantitative estimate of drug-likeness (QED) is 0.680. The molecule has 1 aromatic carbocycles. The van der Waals surface area contributed by atoms with Gasteiger partial charge >= 0.3 is 0 Å². The SMILES string of the molecule is Cc1cc2c(cc1CNCC(N)CO)OCO2. The van der Waals surface area contributed by atoms with Crippen LogP contribution in [0.1, 0.15) is 11.1 Å². The van der Waals surface area contributed by atoms with E-state index in [-0.39, 0.29) is 12.6 Å². The lowest BCUT2D eigenvalue weighted by molar-refractivity contribution is 0.174. The van der Waals surface area contributed by atoms with Gasteiger partial charge in [-0.3, -0.25) is 0 Å². The Morgan fingerprint density at radius 2 is 2.12 bits per heavy atom. The van der Waals surface area contributed by atoms with E-state index >= 15 is 0 Å². The van der Waals surface area contributed by atoms with Crippen LogP contribution in [0, 0.1) is 6.92 Å². The Labute approximate surface area is 101 Å². The summed E-state index contributed by atoms with van der Waals surface area (Å²) in [4.78, 5) is 0. The van der Waals surface area contributed by atoms with E-state index in [1.165, 1.54) is 0 Å². The Balaban J connectivity index is 1.97. The highest BCUT2D eigenvalue weighted by atomic mass is 16.7. The van der Waals surface area contributed by atoms with Crippen LogP contribution in [0.3, 0.4) is 0 Å². The first-order valence-corrected chi connectivity index (χ1v) is 5.67. The molecule has 5 nitrogen and oxygen atoms in total. The Morgan fingerprint density at radius 3 is 2.82 bits per heavy atom. The molecule has 1 aromatic rings. The molecule has 0 bridgehead atoms. The van der Waals surface area contributed by atoms with Crippen molar-refractivity contribution in [3.05, 3.63) is 23.3 Å². The standard InChI is InChI=1S/C12H18N2O3/c1-8-2-11-12(17-7-16-11)3-9(8)4-14-5-10(13)6-15/h2-3,10,14-15H,4-7,13H2,1H3. The summed E-state index contributed by atoms with van der Waals surface area (Å²) in [6, 6.07) is 3.74. The van der Waals surface area contributed by atoms with E-state index in [0.717, 1.165) is 22.6 Å². The molecular weight excluding hydrogens is 220 g/mol. The van der Waals surface area contributed by atoms with Crippen LogP contribution in [0.5, 0.6) is 11.5 Å². The van der Waals surface area contributed by atoms with Crippen LogP contribution >= 0.6 is 0 Å². The van der Waals surface area contributed by atoms with Crippen molar-refractivity contribution in [3.8, 4) is 11.5 Å². The minimum atomic E-state index is -0.218. The molecule has 1 aliphatic heterocycles. The van der Waals surface area contributed by atoms with E-state index in [1.54, 1.807) is 0 Å². The van der Waals surface area contributed by atoms with Crippen LogP contribution in [-0.2, 0) is 6.54 Å². The molecular formula is C12H18N2O3. The Hall–Kier alpha value is -1.30. The van der Waals surface area contributed by atoms with Gasteiger partial charge in [0.2, 0.25) is 6.79 Å². The maximum absolute atomic E-state index is 8.81. The average Bonchev–Trinajstić information content (AvgIpc) is 2.76. The number of ether oxygens (including phenoxy) is 2. The first kappa shape index (κ1) is 12.2. The zero-order valence-corrected chi connectivity index (χ0v) is 9.90. The van der Waals surface area contributed by atoms with Crippen LogP contribution < -0.4 is 20.5 Å². The Morgan fingerprint density at radius 1 is 1.41 bits per heavy atom. The highest BCUT2D eigenvalue weighted by Crippen LogP contribution is 2.34. The van der Waals surface area contributed by atoms with Crippen molar-refractivity contribution in [1.29, 1.82) is 0 Å². The predicted octanol–water partition coefficient (Wildman–Crippen LogP) is 0.133. The number of aryl methyl sites for hydroxylation is 1. The molecule has 0 radical (unpaired) electrons. The minimum Gasteiger partial charge on any atom is -0.454 e. The number of benzene rings is 1. The van der Waals surface area contributed by atoms with Crippen LogP contribution in [0.15, 0.2) is 12.1 Å². The zero-order valence-electron chi connectivity index (χ0n) is 9.90. The molecule has 5 heteroatoms. The fourth-order valence-electron chi connectivity index (χ4n) is 1.73. The van der Waals surface area contributed by atoms with Crippen molar-refractivity contribution in [3.63, 3.8) is 0 Å². The van der Waals surface area contributed by atoms with Gasteiger partial charge in [-0.05, 0) is 30.2 Å². The molecule has 94 valence electrons. The normalized spacial score (nSPS) is 15.0. The molecule has 1 aliphatic rings. The predicted molar refractivity (Wildman–Crippen MR) is 64.1 cm³/mol. The van der Waals surface area contributed by atoms with E-state index < -0.39 is 0 Å². The van der Waals surface area contributed by atoms with Crippen LogP contribution in [0.2, 0.25) is 0 Å². The van der Waals surface area contributed by atoms with Gasteiger partial charge in [0.1, 0.15) is 0 Å². The molecule has 1 heterocycles. The van der Waals surface area contributed by atoms with Gasteiger partial charge in [0.25, 0.3) is 0 Å². The van der Waals surface area contributed by atoms with Crippen molar-refractivity contribution < 1.29 is 14.6 Å². The van der Waals surface area contributed by atoms with Crippen LogP contribution in [-0.4, -0.2) is 31.1 Å². The van der Waals surface area contributed by atoms with Crippen LogP contribution in [0.4, 0.5) is 0 Å². The summed E-state index contributed by atoms with van der Waals surface area (Å²) in [5, 5.41) is 12.0. The van der Waals surface area contributed by atoms with E-state index in [0.29, 0.717) is 19.9 Å². The van der Waals surface area contributed by atoms with E-state index in [2.05, 4.69) is 5.32 Å². The summed E-state index contributed by atoms with van der Waals surface area (Å²) in [6.45, 7) is 3.61. The smallest absolute Gasteiger partial charge is 0.231 e. The number of hydrogen-bond donors (Lipinski definition) is 3. The number of nitrogens with two attached hydrogens (primary N) is 1. The molecule has 0 fully saturated rings. The maximum atomic E-state index is 8.81. The number of fused-ring (bicyclic) bond motifs is 1. The number of aliphatic hydroxyl groups is 1. The molecule has 4 N–H and O–H groups in total.